The molecule has 0 heterocycles. The van der Waals surface area contributed by atoms with E-state index in [1.807, 2.05) is 0 Å². The maximum Gasteiger partial charge on any atom is -0.00205 e. The van der Waals surface area contributed by atoms with Gasteiger partial charge in [-0.3, -0.25) is 0 Å². The summed E-state index contributed by atoms with van der Waals surface area (Å²) in [5, 5.41) is 0. The highest BCUT2D eigenvalue weighted by Crippen LogP contribution is 2.41. The summed E-state index contributed by atoms with van der Waals surface area (Å²) in [4.78, 5) is 0. The first-order valence-corrected chi connectivity index (χ1v) is 5.42. The van der Waals surface area contributed by atoms with Crippen molar-refractivity contribution < 1.29 is 0 Å². The van der Waals surface area contributed by atoms with E-state index < -0.39 is 0 Å². The van der Waals surface area contributed by atoms with E-state index in [0.717, 1.165) is 12.5 Å². The molecule has 0 saturated heterocycles. The zero-order valence-corrected chi connectivity index (χ0v) is 8.60. The Balaban J connectivity index is 2.45. The van der Waals surface area contributed by atoms with Crippen LogP contribution in [-0.4, -0.2) is 6.54 Å². The van der Waals surface area contributed by atoms with Gasteiger partial charge in [-0.25, -0.2) is 0 Å². The Hall–Kier alpha value is -0.0400. The molecule has 0 radical (unpaired) electrons. The van der Waals surface area contributed by atoms with Gasteiger partial charge in [0, 0.05) is 0 Å². The van der Waals surface area contributed by atoms with Crippen molar-refractivity contribution in [1.82, 2.24) is 0 Å². The van der Waals surface area contributed by atoms with Crippen molar-refractivity contribution in [3.63, 3.8) is 0 Å². The molecule has 0 spiro atoms. The van der Waals surface area contributed by atoms with Crippen molar-refractivity contribution in [2.75, 3.05) is 6.54 Å². The zero-order valence-electron chi connectivity index (χ0n) is 8.60. The highest BCUT2D eigenvalue weighted by Gasteiger charge is 2.31. The smallest absolute Gasteiger partial charge is 0.00205 e. The van der Waals surface area contributed by atoms with Gasteiger partial charge in [0.1, 0.15) is 0 Å². The lowest BCUT2D eigenvalue weighted by atomic mass is 9.68. The molecule has 0 bridgehead atoms. The zero-order chi connectivity index (χ0) is 9.03. The Kier molecular flexibility index (Phi) is 3.57. The van der Waals surface area contributed by atoms with Crippen molar-refractivity contribution in [1.29, 1.82) is 0 Å². The summed E-state index contributed by atoms with van der Waals surface area (Å²) in [6, 6.07) is 0. The molecule has 1 fully saturated rings. The van der Waals surface area contributed by atoms with E-state index in [1.54, 1.807) is 0 Å². The molecule has 1 aliphatic rings. The van der Waals surface area contributed by atoms with Gasteiger partial charge < -0.3 is 5.73 Å². The first-order valence-electron chi connectivity index (χ1n) is 5.42. The minimum atomic E-state index is 0.529. The number of hydrogen-bond acceptors (Lipinski definition) is 1. The van der Waals surface area contributed by atoms with Crippen molar-refractivity contribution in [3.8, 4) is 0 Å². The lowest BCUT2D eigenvalue weighted by Crippen LogP contribution is -2.34. The Morgan fingerprint density at radius 1 is 1.33 bits per heavy atom. The first kappa shape index (κ1) is 10.0. The number of nitrogens with two attached hydrogens (primary N) is 1. The second kappa shape index (κ2) is 4.27. The van der Waals surface area contributed by atoms with Gasteiger partial charge in [-0.2, -0.15) is 0 Å². The van der Waals surface area contributed by atoms with E-state index >= 15 is 0 Å². The largest absolute Gasteiger partial charge is 0.330 e. The quantitative estimate of drug-likeness (QED) is 0.690. The summed E-state index contributed by atoms with van der Waals surface area (Å²) in [5.74, 6) is 0.946. The van der Waals surface area contributed by atoms with Crippen LogP contribution in [0.1, 0.15) is 52.4 Å². The highest BCUT2D eigenvalue weighted by atomic mass is 14.6. The molecule has 1 saturated carbocycles. The maximum absolute atomic E-state index is 5.87. The molecule has 72 valence electrons. The van der Waals surface area contributed by atoms with Crippen molar-refractivity contribution in [3.05, 3.63) is 0 Å². The third-order valence-electron chi connectivity index (χ3n) is 3.55. The lowest BCUT2D eigenvalue weighted by Gasteiger charge is -2.38. The van der Waals surface area contributed by atoms with E-state index in [0.29, 0.717) is 5.41 Å². The Morgan fingerprint density at radius 3 is 2.33 bits per heavy atom. The Bertz CT molecular complexity index is 123. The molecule has 0 aromatic rings. The van der Waals surface area contributed by atoms with Gasteiger partial charge in [-0.15, -0.1) is 0 Å². The summed E-state index contributed by atoms with van der Waals surface area (Å²) in [6.07, 6.45) is 8.19. The number of rotatable bonds is 3. The van der Waals surface area contributed by atoms with E-state index in [1.165, 1.54) is 38.5 Å². The maximum atomic E-state index is 5.87. The topological polar surface area (TPSA) is 26.0 Å². The van der Waals surface area contributed by atoms with Crippen LogP contribution in [0.5, 0.6) is 0 Å². The van der Waals surface area contributed by atoms with Crippen LogP contribution in [0.3, 0.4) is 0 Å². The molecule has 12 heavy (non-hydrogen) atoms. The van der Waals surface area contributed by atoms with Crippen LogP contribution in [0.2, 0.25) is 0 Å². The fourth-order valence-electron chi connectivity index (χ4n) is 2.46. The molecule has 1 nitrogen and oxygen atoms in total. The summed E-state index contributed by atoms with van der Waals surface area (Å²) in [6.45, 7) is 5.55. The van der Waals surface area contributed by atoms with Crippen LogP contribution in [0.4, 0.5) is 0 Å². The van der Waals surface area contributed by atoms with Crippen LogP contribution in [0.25, 0.3) is 0 Å². The van der Waals surface area contributed by atoms with Crippen LogP contribution < -0.4 is 5.73 Å². The van der Waals surface area contributed by atoms with Crippen molar-refractivity contribution in [2.45, 2.75) is 52.4 Å². The predicted octanol–water partition coefficient (Wildman–Crippen LogP) is 2.94. The molecular formula is C11H23N. The van der Waals surface area contributed by atoms with Crippen LogP contribution in [0, 0.1) is 11.3 Å². The average molecular weight is 169 g/mol. The molecule has 2 N–H and O–H groups in total. The minimum absolute atomic E-state index is 0.529. The van der Waals surface area contributed by atoms with Gasteiger partial charge in [0.05, 0.1) is 0 Å². The first-order chi connectivity index (χ1) is 5.72. The molecule has 1 aliphatic carbocycles. The standard InChI is InChI=1S/C11H23N/c1-3-6-11(9-12)7-4-10(2)5-8-11/h10H,3-9,12H2,1-2H3. The molecule has 1 rings (SSSR count). The fourth-order valence-corrected chi connectivity index (χ4v) is 2.46. The van der Waals surface area contributed by atoms with Crippen LogP contribution >= 0.6 is 0 Å². The molecule has 0 unspecified atom stereocenters. The van der Waals surface area contributed by atoms with Gasteiger partial charge in [-0.1, -0.05) is 33.1 Å². The van der Waals surface area contributed by atoms with Crippen LogP contribution in [-0.2, 0) is 0 Å². The molecular weight excluding hydrogens is 146 g/mol. The minimum Gasteiger partial charge on any atom is -0.330 e. The normalized spacial score (nSPS) is 36.8. The third-order valence-corrected chi connectivity index (χ3v) is 3.55. The van der Waals surface area contributed by atoms with Gasteiger partial charge in [0.25, 0.3) is 0 Å². The third kappa shape index (κ3) is 2.22. The molecule has 0 aliphatic heterocycles. The second-order valence-corrected chi connectivity index (χ2v) is 4.64. The monoisotopic (exact) mass is 169 g/mol. The SMILES string of the molecule is CCCC1(CN)CCC(C)CC1. The average Bonchev–Trinajstić information content (AvgIpc) is 2.10. The van der Waals surface area contributed by atoms with Gasteiger partial charge in [0.2, 0.25) is 0 Å². The molecule has 0 aromatic carbocycles. The van der Waals surface area contributed by atoms with E-state index in [9.17, 15) is 0 Å². The van der Waals surface area contributed by atoms with Crippen molar-refractivity contribution >= 4 is 0 Å². The van der Waals surface area contributed by atoms with E-state index in [4.69, 9.17) is 5.73 Å². The lowest BCUT2D eigenvalue weighted by molar-refractivity contribution is 0.150. The van der Waals surface area contributed by atoms with E-state index in [2.05, 4.69) is 13.8 Å². The number of hydrogen-bond donors (Lipinski definition) is 1. The molecule has 0 aromatic heterocycles. The van der Waals surface area contributed by atoms with Gasteiger partial charge in [-0.05, 0) is 37.1 Å². The van der Waals surface area contributed by atoms with Gasteiger partial charge in [0.15, 0.2) is 0 Å². The summed E-state index contributed by atoms with van der Waals surface area (Å²) in [7, 11) is 0. The summed E-state index contributed by atoms with van der Waals surface area (Å²) in [5.41, 5.74) is 6.40. The summed E-state index contributed by atoms with van der Waals surface area (Å²) < 4.78 is 0. The Labute approximate surface area is 76.7 Å². The molecule has 1 heteroatoms. The fraction of sp³-hybridized carbons (Fsp3) is 1.00. The Morgan fingerprint density at radius 2 is 1.92 bits per heavy atom. The van der Waals surface area contributed by atoms with Crippen molar-refractivity contribution in [2.24, 2.45) is 17.1 Å². The van der Waals surface area contributed by atoms with Gasteiger partial charge >= 0.3 is 0 Å². The molecule has 0 amide bonds. The van der Waals surface area contributed by atoms with Crippen LogP contribution in [0.15, 0.2) is 0 Å². The second-order valence-electron chi connectivity index (χ2n) is 4.64. The summed E-state index contributed by atoms with van der Waals surface area (Å²) >= 11 is 0. The van der Waals surface area contributed by atoms with E-state index in [-0.39, 0.29) is 0 Å². The predicted molar refractivity (Wildman–Crippen MR) is 54.0 cm³/mol. The molecule has 0 atom stereocenters. The highest BCUT2D eigenvalue weighted by molar-refractivity contribution is 4.85.